The zero-order chi connectivity index (χ0) is 28.8. The summed E-state index contributed by atoms with van der Waals surface area (Å²) in [6.45, 7) is 0. The Hall–Kier alpha value is -5.79. The fourth-order valence-electron chi connectivity index (χ4n) is 7.86. The van der Waals surface area contributed by atoms with Gasteiger partial charge in [-0.2, -0.15) is 0 Å². The van der Waals surface area contributed by atoms with Crippen LogP contribution < -0.4 is 0 Å². The van der Waals surface area contributed by atoms with E-state index in [0.717, 1.165) is 5.52 Å². The van der Waals surface area contributed by atoms with E-state index in [2.05, 4.69) is 152 Å². The van der Waals surface area contributed by atoms with Crippen molar-refractivity contribution >= 4 is 75.5 Å². The maximum atomic E-state index is 5.04. The summed E-state index contributed by atoms with van der Waals surface area (Å²) >= 11 is 0. The van der Waals surface area contributed by atoms with E-state index in [1.165, 1.54) is 92.3 Å². The first-order valence-corrected chi connectivity index (χ1v) is 15.2. The molecule has 0 bridgehead atoms. The summed E-state index contributed by atoms with van der Waals surface area (Å²) in [5, 5.41) is 16.6. The molecule has 0 N–H and O–H groups in total. The molecule has 0 saturated carbocycles. The van der Waals surface area contributed by atoms with Gasteiger partial charge in [0.25, 0.3) is 0 Å². The molecule has 1 heterocycles. The van der Waals surface area contributed by atoms with Crippen molar-refractivity contribution < 1.29 is 0 Å². The van der Waals surface area contributed by atoms with Crippen molar-refractivity contribution in [1.29, 1.82) is 0 Å². The Kier molecular flexibility index (Phi) is 4.78. The van der Waals surface area contributed by atoms with E-state index >= 15 is 0 Å². The quantitative estimate of drug-likeness (QED) is 0.153. The van der Waals surface area contributed by atoms with Gasteiger partial charge < -0.3 is 0 Å². The van der Waals surface area contributed by atoms with Crippen LogP contribution in [0.2, 0.25) is 0 Å². The maximum Gasteiger partial charge on any atom is 0.0708 e. The van der Waals surface area contributed by atoms with Gasteiger partial charge in [-0.25, -0.2) is 0 Å². The lowest BCUT2D eigenvalue weighted by Crippen LogP contribution is -1.94. The molecule has 202 valence electrons. The maximum absolute atomic E-state index is 5.04. The number of fused-ring (bicyclic) bond motifs is 6. The van der Waals surface area contributed by atoms with Crippen molar-refractivity contribution in [2.24, 2.45) is 0 Å². The zero-order valence-corrected chi connectivity index (χ0v) is 23.9. The van der Waals surface area contributed by atoms with E-state index in [9.17, 15) is 0 Å². The molecule has 44 heavy (non-hydrogen) atoms. The predicted octanol–water partition coefficient (Wildman–Crippen LogP) is 11.9. The Balaban J connectivity index is 1.44. The fourth-order valence-corrected chi connectivity index (χ4v) is 7.86. The summed E-state index contributed by atoms with van der Waals surface area (Å²) in [5.74, 6) is 0. The van der Waals surface area contributed by atoms with Crippen LogP contribution in [0.5, 0.6) is 0 Å². The molecule has 0 aliphatic carbocycles. The van der Waals surface area contributed by atoms with Gasteiger partial charge in [0, 0.05) is 22.4 Å². The smallest absolute Gasteiger partial charge is 0.0708 e. The van der Waals surface area contributed by atoms with Crippen molar-refractivity contribution in [3.05, 3.63) is 152 Å². The van der Waals surface area contributed by atoms with Crippen molar-refractivity contribution in [2.75, 3.05) is 0 Å². The Morgan fingerprint density at radius 2 is 0.886 bits per heavy atom. The molecule has 0 saturated heterocycles. The Bertz CT molecular complexity index is 2710. The molecular formula is C43H25N. The van der Waals surface area contributed by atoms with E-state index in [-0.39, 0.29) is 0 Å². The van der Waals surface area contributed by atoms with Crippen molar-refractivity contribution in [2.45, 2.75) is 0 Å². The van der Waals surface area contributed by atoms with Crippen LogP contribution in [0, 0.1) is 0 Å². The van der Waals surface area contributed by atoms with E-state index < -0.39 is 0 Å². The Labute approximate surface area is 254 Å². The number of pyridine rings is 1. The number of nitrogens with zero attached hydrogens (tertiary/aromatic N) is 1. The van der Waals surface area contributed by atoms with Gasteiger partial charge in [0.05, 0.1) is 5.52 Å². The number of rotatable bonds is 2. The monoisotopic (exact) mass is 555 g/mol. The molecule has 0 aliphatic rings. The molecule has 9 aromatic carbocycles. The molecule has 0 spiro atoms. The summed E-state index contributed by atoms with van der Waals surface area (Å²) in [6.07, 6.45) is 2.11. The first-order chi connectivity index (χ1) is 21.9. The van der Waals surface area contributed by atoms with Gasteiger partial charge in [0.2, 0.25) is 0 Å². The largest absolute Gasteiger partial charge is 0.256 e. The summed E-state index contributed by atoms with van der Waals surface area (Å²) in [7, 11) is 0. The average molecular weight is 556 g/mol. The van der Waals surface area contributed by atoms with Gasteiger partial charge in [0.1, 0.15) is 0 Å². The molecule has 0 amide bonds. The molecular weight excluding hydrogens is 530 g/mol. The third-order valence-corrected chi connectivity index (χ3v) is 9.62. The van der Waals surface area contributed by atoms with Crippen LogP contribution in [0.15, 0.2) is 152 Å². The van der Waals surface area contributed by atoms with Crippen LogP contribution in [-0.2, 0) is 0 Å². The van der Waals surface area contributed by atoms with E-state index in [1.54, 1.807) is 0 Å². The van der Waals surface area contributed by atoms with Crippen LogP contribution in [0.25, 0.3) is 97.8 Å². The first-order valence-electron chi connectivity index (χ1n) is 15.2. The molecule has 1 heteroatoms. The summed E-state index contributed by atoms with van der Waals surface area (Å²) < 4.78 is 0. The van der Waals surface area contributed by atoms with E-state index in [4.69, 9.17) is 4.98 Å². The van der Waals surface area contributed by atoms with E-state index in [1.807, 2.05) is 0 Å². The van der Waals surface area contributed by atoms with Gasteiger partial charge in [-0.3, -0.25) is 4.98 Å². The topological polar surface area (TPSA) is 12.9 Å². The highest BCUT2D eigenvalue weighted by atomic mass is 14.7. The summed E-state index contributed by atoms with van der Waals surface area (Å²) in [6, 6.07) is 53.3. The van der Waals surface area contributed by atoms with Crippen LogP contribution in [0.1, 0.15) is 0 Å². The van der Waals surface area contributed by atoms with Gasteiger partial charge in [-0.15, -0.1) is 0 Å². The number of hydrogen-bond donors (Lipinski definition) is 0. The van der Waals surface area contributed by atoms with Gasteiger partial charge >= 0.3 is 0 Å². The highest BCUT2D eigenvalue weighted by molar-refractivity contribution is 6.36. The molecule has 0 atom stereocenters. The number of hydrogen-bond acceptors (Lipinski definition) is 1. The van der Waals surface area contributed by atoms with Crippen LogP contribution in [-0.4, -0.2) is 4.98 Å². The lowest BCUT2D eigenvalue weighted by atomic mass is 9.82. The van der Waals surface area contributed by atoms with Gasteiger partial charge in [-0.05, 0) is 82.2 Å². The van der Waals surface area contributed by atoms with Gasteiger partial charge in [-0.1, -0.05) is 140 Å². The highest BCUT2D eigenvalue weighted by Gasteiger charge is 2.21. The molecule has 10 aromatic rings. The van der Waals surface area contributed by atoms with Crippen molar-refractivity contribution in [3.8, 4) is 22.3 Å². The predicted molar refractivity (Wildman–Crippen MR) is 189 cm³/mol. The fraction of sp³-hybridized carbons (Fsp3) is 0. The minimum absolute atomic E-state index is 1.01. The molecule has 0 radical (unpaired) electrons. The van der Waals surface area contributed by atoms with Crippen LogP contribution >= 0.6 is 0 Å². The van der Waals surface area contributed by atoms with E-state index in [0.29, 0.717) is 0 Å². The molecule has 0 fully saturated rings. The molecule has 1 aromatic heterocycles. The standard InChI is InChI=1S/C43H25N/c1-2-11-27(12-3-1)40-30-15-4-5-16-31(30)42(37-25-44-38-22-7-6-17-36(38)43(37)40)35-24-23-34-29-19-9-14-26-13-8-18-28(39(26)29)32-20-10-21-33(35)41(32)34/h1-25H. The Morgan fingerprint density at radius 1 is 0.318 bits per heavy atom. The molecule has 0 unspecified atom stereocenters. The lowest BCUT2D eigenvalue weighted by molar-refractivity contribution is 1.45. The number of benzene rings is 9. The summed E-state index contributed by atoms with van der Waals surface area (Å²) in [4.78, 5) is 5.04. The second-order valence-electron chi connectivity index (χ2n) is 11.8. The van der Waals surface area contributed by atoms with Crippen LogP contribution in [0.3, 0.4) is 0 Å². The third-order valence-electron chi connectivity index (χ3n) is 9.62. The second kappa shape index (κ2) is 8.86. The molecule has 1 nitrogen and oxygen atoms in total. The Morgan fingerprint density at radius 3 is 1.66 bits per heavy atom. The zero-order valence-electron chi connectivity index (χ0n) is 23.9. The number of para-hydroxylation sites is 1. The minimum atomic E-state index is 1.01. The average Bonchev–Trinajstić information content (AvgIpc) is 3.09. The third kappa shape index (κ3) is 3.11. The highest BCUT2D eigenvalue weighted by Crippen LogP contribution is 2.49. The van der Waals surface area contributed by atoms with Crippen molar-refractivity contribution in [3.63, 3.8) is 0 Å². The summed E-state index contributed by atoms with van der Waals surface area (Å²) in [5.41, 5.74) is 5.99. The van der Waals surface area contributed by atoms with Crippen molar-refractivity contribution in [1.82, 2.24) is 4.98 Å². The molecule has 10 rings (SSSR count). The SMILES string of the molecule is c1ccc(-c2c3ccccc3c(-c3ccc4c5cccc6cccc(c7cccc3c74)c65)c3cnc4ccccc4c23)cc1. The van der Waals surface area contributed by atoms with Crippen LogP contribution in [0.4, 0.5) is 0 Å². The second-order valence-corrected chi connectivity index (χ2v) is 11.8. The molecule has 0 aliphatic heterocycles. The first kappa shape index (κ1) is 23.7. The number of aromatic nitrogens is 1. The minimum Gasteiger partial charge on any atom is -0.256 e. The van der Waals surface area contributed by atoms with Gasteiger partial charge in [0.15, 0.2) is 0 Å². The lowest BCUT2D eigenvalue weighted by Gasteiger charge is -2.21. The normalized spacial score (nSPS) is 12.1.